The van der Waals surface area contributed by atoms with Gasteiger partial charge in [-0.15, -0.1) is 0 Å². The lowest BCUT2D eigenvalue weighted by Crippen LogP contribution is -2.21. The van der Waals surface area contributed by atoms with E-state index in [1.165, 1.54) is 19.3 Å². The largest absolute Gasteiger partial charge is 0.492 e. The van der Waals surface area contributed by atoms with Crippen LogP contribution in [-0.2, 0) is 12.8 Å². The third-order valence-corrected chi connectivity index (χ3v) is 5.29. The van der Waals surface area contributed by atoms with E-state index in [-0.39, 0.29) is 11.4 Å². The number of hydrogen-bond acceptors (Lipinski definition) is 3. The van der Waals surface area contributed by atoms with E-state index < -0.39 is 0 Å². The van der Waals surface area contributed by atoms with E-state index in [0.29, 0.717) is 30.1 Å². The maximum Gasteiger partial charge on any atom is 0.270 e. The summed E-state index contributed by atoms with van der Waals surface area (Å²) in [5.74, 6) is 0.455. The first kappa shape index (κ1) is 15.9. The molecule has 130 valence electrons. The van der Waals surface area contributed by atoms with Gasteiger partial charge in [-0.05, 0) is 24.0 Å². The maximum atomic E-state index is 12.4. The second-order valence-electron chi connectivity index (χ2n) is 7.06. The van der Waals surface area contributed by atoms with E-state index in [0.717, 1.165) is 29.3 Å². The summed E-state index contributed by atoms with van der Waals surface area (Å²) in [7, 11) is 0. The van der Waals surface area contributed by atoms with Gasteiger partial charge in [0.05, 0.1) is 5.69 Å². The normalized spacial score (nSPS) is 15.7. The monoisotopic (exact) mass is 337 g/mol. The van der Waals surface area contributed by atoms with Crippen LogP contribution in [0.4, 0.5) is 0 Å². The molecule has 1 aliphatic carbocycles. The summed E-state index contributed by atoms with van der Waals surface area (Å²) in [4.78, 5) is 22.7. The van der Waals surface area contributed by atoms with E-state index >= 15 is 0 Å². The number of H-pyrrole nitrogens is 2. The fraction of sp³-hybridized carbons (Fsp3) is 0.400. The minimum Gasteiger partial charge on any atom is -0.492 e. The van der Waals surface area contributed by atoms with Crippen LogP contribution < -0.4 is 5.56 Å². The Morgan fingerprint density at radius 1 is 1.16 bits per heavy atom. The predicted octanol–water partition coefficient (Wildman–Crippen LogP) is 3.67. The third-order valence-electron chi connectivity index (χ3n) is 5.29. The number of aromatic hydroxyl groups is 1. The van der Waals surface area contributed by atoms with Crippen molar-refractivity contribution in [3.05, 3.63) is 57.8 Å². The zero-order chi connectivity index (χ0) is 17.2. The lowest BCUT2D eigenvalue weighted by molar-refractivity contribution is 0.350. The smallest absolute Gasteiger partial charge is 0.270 e. The molecule has 0 atom stereocenters. The van der Waals surface area contributed by atoms with E-state index in [1.807, 2.05) is 30.5 Å². The van der Waals surface area contributed by atoms with Gasteiger partial charge in [-0.3, -0.25) is 4.79 Å². The van der Waals surface area contributed by atoms with Crippen LogP contribution in [0.25, 0.3) is 10.9 Å². The van der Waals surface area contributed by atoms with E-state index in [1.54, 1.807) is 0 Å². The summed E-state index contributed by atoms with van der Waals surface area (Å²) >= 11 is 0. The molecular formula is C20H23N3O2. The van der Waals surface area contributed by atoms with Crippen molar-refractivity contribution in [3.63, 3.8) is 0 Å². The van der Waals surface area contributed by atoms with Gasteiger partial charge in [0.15, 0.2) is 0 Å². The number of para-hydroxylation sites is 1. The molecule has 0 unspecified atom stereocenters. The van der Waals surface area contributed by atoms with Crippen molar-refractivity contribution in [2.45, 2.75) is 44.9 Å². The third kappa shape index (κ3) is 3.31. The van der Waals surface area contributed by atoms with E-state index in [2.05, 4.69) is 15.0 Å². The molecule has 25 heavy (non-hydrogen) atoms. The molecule has 0 amide bonds. The summed E-state index contributed by atoms with van der Waals surface area (Å²) < 4.78 is 0. The van der Waals surface area contributed by atoms with Crippen LogP contribution in [0, 0.1) is 5.92 Å². The molecule has 2 aromatic heterocycles. The summed E-state index contributed by atoms with van der Waals surface area (Å²) in [6.07, 6.45) is 9.07. The summed E-state index contributed by atoms with van der Waals surface area (Å²) in [6, 6.07) is 7.99. The highest BCUT2D eigenvalue weighted by atomic mass is 16.3. The van der Waals surface area contributed by atoms with Crippen molar-refractivity contribution in [1.29, 1.82) is 0 Å². The fourth-order valence-corrected chi connectivity index (χ4v) is 3.91. The molecule has 2 heterocycles. The minimum atomic E-state index is -0.168. The first-order valence-electron chi connectivity index (χ1n) is 9.07. The van der Waals surface area contributed by atoms with Crippen LogP contribution in [0.3, 0.4) is 0 Å². The van der Waals surface area contributed by atoms with Crippen LogP contribution in [0.15, 0.2) is 35.3 Å². The first-order valence-corrected chi connectivity index (χ1v) is 9.07. The van der Waals surface area contributed by atoms with E-state index in [9.17, 15) is 9.90 Å². The first-order chi connectivity index (χ1) is 12.2. The van der Waals surface area contributed by atoms with Crippen LogP contribution in [0.2, 0.25) is 0 Å². The molecule has 1 saturated carbocycles. The van der Waals surface area contributed by atoms with Crippen molar-refractivity contribution >= 4 is 10.9 Å². The molecule has 3 N–H and O–H groups in total. The van der Waals surface area contributed by atoms with E-state index in [4.69, 9.17) is 0 Å². The Bertz CT molecular complexity index is 936. The number of aromatic amines is 2. The summed E-state index contributed by atoms with van der Waals surface area (Å²) in [6.45, 7) is 0. The molecule has 0 aliphatic heterocycles. The summed E-state index contributed by atoms with van der Waals surface area (Å²) in [5, 5.41) is 11.4. The second-order valence-corrected chi connectivity index (χ2v) is 7.06. The van der Waals surface area contributed by atoms with Gasteiger partial charge in [0.2, 0.25) is 5.88 Å². The lowest BCUT2D eigenvalue weighted by Gasteiger charge is -2.20. The molecule has 3 aromatic rings. The van der Waals surface area contributed by atoms with Gasteiger partial charge in [0, 0.05) is 23.5 Å². The molecular weight excluding hydrogens is 314 g/mol. The van der Waals surface area contributed by atoms with Crippen molar-refractivity contribution < 1.29 is 5.11 Å². The highest BCUT2D eigenvalue weighted by Gasteiger charge is 2.18. The number of benzene rings is 1. The Balaban J connectivity index is 1.58. The average Bonchev–Trinajstić information content (AvgIpc) is 3.03. The highest BCUT2D eigenvalue weighted by molar-refractivity contribution is 5.83. The van der Waals surface area contributed by atoms with Crippen LogP contribution in [0.5, 0.6) is 5.88 Å². The highest BCUT2D eigenvalue weighted by Crippen LogP contribution is 2.27. The number of rotatable bonds is 4. The van der Waals surface area contributed by atoms with Gasteiger partial charge in [-0.25, -0.2) is 4.98 Å². The van der Waals surface area contributed by atoms with Gasteiger partial charge >= 0.3 is 0 Å². The van der Waals surface area contributed by atoms with Crippen LogP contribution in [-0.4, -0.2) is 20.1 Å². The Morgan fingerprint density at radius 2 is 1.96 bits per heavy atom. The summed E-state index contributed by atoms with van der Waals surface area (Å²) in [5.41, 5.74) is 2.84. The van der Waals surface area contributed by atoms with Crippen molar-refractivity contribution in [1.82, 2.24) is 15.0 Å². The quantitative estimate of drug-likeness (QED) is 0.679. The topological polar surface area (TPSA) is 81.8 Å². The average molecular weight is 337 g/mol. The molecule has 0 radical (unpaired) electrons. The molecule has 1 fully saturated rings. The van der Waals surface area contributed by atoms with Gasteiger partial charge in [-0.2, -0.15) is 0 Å². The van der Waals surface area contributed by atoms with Gasteiger partial charge < -0.3 is 15.1 Å². The van der Waals surface area contributed by atoms with Crippen LogP contribution >= 0.6 is 0 Å². The van der Waals surface area contributed by atoms with Crippen molar-refractivity contribution in [3.8, 4) is 5.88 Å². The minimum absolute atomic E-state index is 0.0595. The standard InChI is InChI=1S/C20H23N3O2/c24-19-17(10-13-6-2-1-3-7-13)22-20(25)18(23-19)11-14-12-21-16-9-5-4-8-15(14)16/h4-5,8-9,12-13,21H,1-3,6-7,10-11H2,(H,22,25)(H,23,24). The van der Waals surface area contributed by atoms with Crippen molar-refractivity contribution in [2.75, 3.05) is 0 Å². The molecule has 0 saturated heterocycles. The van der Waals surface area contributed by atoms with Crippen molar-refractivity contribution in [2.24, 2.45) is 5.92 Å². The van der Waals surface area contributed by atoms with Gasteiger partial charge in [-0.1, -0.05) is 50.3 Å². The number of aromatic nitrogens is 3. The Hall–Kier alpha value is -2.56. The molecule has 5 nitrogen and oxygen atoms in total. The Kier molecular flexibility index (Phi) is 4.30. The fourth-order valence-electron chi connectivity index (χ4n) is 3.91. The predicted molar refractivity (Wildman–Crippen MR) is 97.9 cm³/mol. The SMILES string of the molecule is O=c1[nH]c(Cc2c[nH]c3ccccc23)c(O)nc1CC1CCCCC1. The maximum absolute atomic E-state index is 12.4. The number of hydrogen-bond donors (Lipinski definition) is 3. The molecule has 0 spiro atoms. The lowest BCUT2D eigenvalue weighted by atomic mass is 9.86. The molecule has 1 aromatic carbocycles. The number of fused-ring (bicyclic) bond motifs is 1. The second kappa shape index (κ2) is 6.75. The number of nitrogens with one attached hydrogen (secondary N) is 2. The zero-order valence-electron chi connectivity index (χ0n) is 14.2. The zero-order valence-corrected chi connectivity index (χ0v) is 14.2. The molecule has 4 rings (SSSR count). The van der Waals surface area contributed by atoms with Crippen LogP contribution in [0.1, 0.15) is 49.1 Å². The molecule has 5 heteroatoms. The number of nitrogens with zero attached hydrogens (tertiary/aromatic N) is 1. The van der Waals surface area contributed by atoms with Gasteiger partial charge in [0.1, 0.15) is 5.69 Å². The Morgan fingerprint density at radius 3 is 2.80 bits per heavy atom. The van der Waals surface area contributed by atoms with Gasteiger partial charge in [0.25, 0.3) is 5.56 Å². The molecule has 0 bridgehead atoms. The molecule has 1 aliphatic rings. The Labute approximate surface area is 146 Å².